The number of benzene rings is 2. The Hall–Kier alpha value is -1.54. The number of aryl methyl sites for hydroxylation is 2. The molecule has 0 saturated heterocycles. The fourth-order valence-corrected chi connectivity index (χ4v) is 3.04. The van der Waals surface area contributed by atoms with Gasteiger partial charge in [0.1, 0.15) is 0 Å². The maximum absolute atomic E-state index is 11.0. The molecule has 0 saturated carbocycles. The molecule has 1 aliphatic rings. The maximum atomic E-state index is 11.0. The van der Waals surface area contributed by atoms with E-state index in [2.05, 4.69) is 12.1 Å². The zero-order valence-electron chi connectivity index (χ0n) is 10.8. The van der Waals surface area contributed by atoms with Crippen molar-refractivity contribution in [1.82, 2.24) is 0 Å². The summed E-state index contributed by atoms with van der Waals surface area (Å²) < 4.78 is 16.2. The summed E-state index contributed by atoms with van der Waals surface area (Å²) in [6.45, 7) is 4.08. The number of hydrogen-bond donors (Lipinski definition) is 1. The van der Waals surface area contributed by atoms with Crippen molar-refractivity contribution in [3.63, 3.8) is 0 Å². The number of rotatable bonds is 2. The summed E-state index contributed by atoms with van der Waals surface area (Å²) in [7, 11) is -2.63. The van der Waals surface area contributed by atoms with Crippen molar-refractivity contribution in [2.75, 3.05) is 0 Å². The molecule has 0 aliphatic heterocycles. The summed E-state index contributed by atoms with van der Waals surface area (Å²) in [4.78, 5) is 9.06. The van der Waals surface area contributed by atoms with Crippen LogP contribution in [0.3, 0.4) is 0 Å². The lowest BCUT2D eigenvalue weighted by molar-refractivity contribution is 0.230. The van der Waals surface area contributed by atoms with Crippen LogP contribution in [0.5, 0.6) is 0 Å². The third-order valence-electron chi connectivity index (χ3n) is 3.47. The molecule has 3 nitrogen and oxygen atoms in total. The lowest BCUT2D eigenvalue weighted by Crippen LogP contribution is -1.97. The van der Waals surface area contributed by atoms with Gasteiger partial charge in [0.05, 0.1) is 0 Å². The third-order valence-corrected chi connectivity index (χ3v) is 3.86. The monoisotopic (exact) mass is 273 g/mol. The summed E-state index contributed by atoms with van der Waals surface area (Å²) in [5, 5.41) is 0. The van der Waals surface area contributed by atoms with Gasteiger partial charge in [-0.3, -0.25) is 0 Å². The molecule has 0 fully saturated rings. The van der Waals surface area contributed by atoms with Crippen LogP contribution in [0.15, 0.2) is 36.4 Å². The molecule has 2 aromatic carbocycles. The van der Waals surface area contributed by atoms with Gasteiger partial charge in [-0.15, -0.1) is 9.42 Å². The molecule has 0 radical (unpaired) electrons. The van der Waals surface area contributed by atoms with Crippen LogP contribution in [0.25, 0.3) is 11.1 Å². The first kappa shape index (κ1) is 12.5. The van der Waals surface area contributed by atoms with Crippen LogP contribution in [0.1, 0.15) is 28.4 Å². The van der Waals surface area contributed by atoms with Crippen molar-refractivity contribution in [3.05, 3.63) is 58.7 Å². The van der Waals surface area contributed by atoms with E-state index in [0.717, 1.165) is 22.3 Å². The van der Waals surface area contributed by atoms with Crippen LogP contribution in [-0.4, -0.2) is 4.89 Å². The van der Waals surface area contributed by atoms with Gasteiger partial charge in [0.25, 0.3) is 0 Å². The van der Waals surface area contributed by atoms with Crippen molar-refractivity contribution < 1.29 is 14.0 Å². The molecule has 4 heteroatoms. The molecular weight excluding hydrogens is 259 g/mol. The highest BCUT2D eigenvalue weighted by Crippen LogP contribution is 2.48. The minimum Gasteiger partial charge on any atom is -0.133 e. The quantitative estimate of drug-likeness (QED) is 0.840. The van der Waals surface area contributed by atoms with Gasteiger partial charge in [0.2, 0.25) is 0 Å². The van der Waals surface area contributed by atoms with E-state index in [9.17, 15) is 4.57 Å². The van der Waals surface area contributed by atoms with Crippen LogP contribution in [0, 0.1) is 13.8 Å². The van der Waals surface area contributed by atoms with Gasteiger partial charge in [0.15, 0.2) is 6.10 Å². The van der Waals surface area contributed by atoms with Crippen molar-refractivity contribution >= 4 is 8.25 Å². The molecule has 0 aromatic heterocycles. The Bertz CT molecular complexity index is 628. The van der Waals surface area contributed by atoms with Gasteiger partial charge in [0, 0.05) is 4.57 Å². The van der Waals surface area contributed by atoms with Gasteiger partial charge >= 0.3 is 8.25 Å². The Morgan fingerprint density at radius 3 is 1.89 bits per heavy atom. The third kappa shape index (κ3) is 2.10. The van der Waals surface area contributed by atoms with E-state index < -0.39 is 14.4 Å². The van der Waals surface area contributed by atoms with Crippen molar-refractivity contribution in [3.8, 4) is 11.1 Å². The highest BCUT2D eigenvalue weighted by atomic mass is 31.1. The molecular formula is C15H14O3P+. The summed E-state index contributed by atoms with van der Waals surface area (Å²) in [5.41, 5.74) is 6.45. The standard InChI is InChI=1S/C15H13O3P/c1-9-3-5-11-13(7-9)14-8-10(2)4-6-12(14)15(11)18-19(16)17/h3-8,15H,1-2H3/p+1. The molecule has 0 amide bonds. The molecule has 0 spiro atoms. The summed E-state index contributed by atoms with van der Waals surface area (Å²) in [6.07, 6.45) is -0.445. The first-order chi connectivity index (χ1) is 9.06. The van der Waals surface area contributed by atoms with Gasteiger partial charge < -0.3 is 0 Å². The molecule has 96 valence electrons. The second kappa shape index (κ2) is 4.53. The topological polar surface area (TPSA) is 46.5 Å². The zero-order valence-corrected chi connectivity index (χ0v) is 11.6. The van der Waals surface area contributed by atoms with Crippen molar-refractivity contribution in [2.45, 2.75) is 20.0 Å². The smallest absolute Gasteiger partial charge is 0.133 e. The molecule has 19 heavy (non-hydrogen) atoms. The Morgan fingerprint density at radius 2 is 1.47 bits per heavy atom. The van der Waals surface area contributed by atoms with E-state index in [1.165, 1.54) is 11.1 Å². The van der Waals surface area contributed by atoms with Gasteiger partial charge in [-0.25, -0.2) is 0 Å². The average Bonchev–Trinajstić information content (AvgIpc) is 2.62. The molecule has 3 rings (SSSR count). The average molecular weight is 273 g/mol. The van der Waals surface area contributed by atoms with Crippen LogP contribution < -0.4 is 0 Å². The fraction of sp³-hybridized carbons (Fsp3) is 0.200. The van der Waals surface area contributed by atoms with E-state index in [1.807, 2.05) is 38.1 Å². The largest absolute Gasteiger partial charge is 0.695 e. The molecule has 1 atom stereocenters. The highest BCUT2D eigenvalue weighted by Gasteiger charge is 2.35. The second-order valence-electron chi connectivity index (χ2n) is 4.90. The van der Waals surface area contributed by atoms with Crippen molar-refractivity contribution in [1.29, 1.82) is 0 Å². The van der Waals surface area contributed by atoms with Crippen LogP contribution >= 0.6 is 8.25 Å². The zero-order chi connectivity index (χ0) is 13.6. The Balaban J connectivity index is 2.23. The van der Waals surface area contributed by atoms with E-state index in [0.29, 0.717) is 0 Å². The SMILES string of the molecule is Cc1ccc2c(c1)-c1cc(C)ccc1C2O[P+](=O)O. The summed E-state index contributed by atoms with van der Waals surface area (Å²) in [5.74, 6) is 0. The molecule has 1 aliphatic carbocycles. The van der Waals surface area contributed by atoms with Crippen molar-refractivity contribution in [2.24, 2.45) is 0 Å². The predicted octanol–water partition coefficient (Wildman–Crippen LogP) is 4.04. The lowest BCUT2D eigenvalue weighted by atomic mass is 10.0. The molecule has 1 unspecified atom stereocenters. The fourth-order valence-electron chi connectivity index (χ4n) is 2.64. The van der Waals surface area contributed by atoms with Gasteiger partial charge in [-0.1, -0.05) is 47.5 Å². The number of fused-ring (bicyclic) bond motifs is 3. The van der Waals surface area contributed by atoms with Gasteiger partial charge in [-0.05, 0) is 36.1 Å². The van der Waals surface area contributed by atoms with Crippen LogP contribution in [0.4, 0.5) is 0 Å². The Kier molecular flexibility index (Phi) is 2.98. The maximum Gasteiger partial charge on any atom is 0.695 e. The van der Waals surface area contributed by atoms with Crippen LogP contribution in [0.2, 0.25) is 0 Å². The normalized spacial score (nSPS) is 14.2. The Labute approximate surface area is 112 Å². The molecule has 2 aromatic rings. The second-order valence-corrected chi connectivity index (χ2v) is 5.59. The van der Waals surface area contributed by atoms with Crippen LogP contribution in [-0.2, 0) is 9.09 Å². The van der Waals surface area contributed by atoms with Gasteiger partial charge in [-0.2, -0.15) is 0 Å². The van der Waals surface area contributed by atoms with E-state index in [-0.39, 0.29) is 0 Å². The molecule has 1 N–H and O–H groups in total. The van der Waals surface area contributed by atoms with E-state index >= 15 is 0 Å². The first-order valence-electron chi connectivity index (χ1n) is 6.10. The van der Waals surface area contributed by atoms with E-state index in [1.54, 1.807) is 0 Å². The summed E-state index contributed by atoms with van der Waals surface area (Å²) >= 11 is 0. The Morgan fingerprint density at radius 1 is 1.00 bits per heavy atom. The van der Waals surface area contributed by atoms with E-state index in [4.69, 9.17) is 9.42 Å². The predicted molar refractivity (Wildman–Crippen MR) is 74.1 cm³/mol. The number of hydrogen-bond acceptors (Lipinski definition) is 2. The summed E-state index contributed by atoms with van der Waals surface area (Å²) in [6, 6.07) is 12.1. The first-order valence-corrected chi connectivity index (χ1v) is 7.23. The minimum atomic E-state index is -2.63. The minimum absolute atomic E-state index is 0.445. The molecule has 0 bridgehead atoms. The lowest BCUT2D eigenvalue weighted by Gasteiger charge is -2.05. The highest BCUT2D eigenvalue weighted by molar-refractivity contribution is 7.32. The molecule has 0 heterocycles.